The summed E-state index contributed by atoms with van der Waals surface area (Å²) in [7, 11) is 0. The third kappa shape index (κ3) is 3.44. The van der Waals surface area contributed by atoms with Gasteiger partial charge in [0.1, 0.15) is 6.29 Å². The SMILES string of the molecule is C#CCC(C#N)(CCC=O)C(=O)OCC. The Bertz CT molecular complexity index is 311. The van der Waals surface area contributed by atoms with Crippen LogP contribution in [-0.2, 0) is 14.3 Å². The van der Waals surface area contributed by atoms with Crippen LogP contribution in [0.1, 0.15) is 26.2 Å². The summed E-state index contributed by atoms with van der Waals surface area (Å²) in [5, 5.41) is 8.97. The minimum Gasteiger partial charge on any atom is -0.465 e. The van der Waals surface area contributed by atoms with Gasteiger partial charge in [0.15, 0.2) is 5.41 Å². The first-order chi connectivity index (χ1) is 7.16. The maximum absolute atomic E-state index is 11.5. The van der Waals surface area contributed by atoms with Gasteiger partial charge in [-0.25, -0.2) is 0 Å². The molecule has 4 nitrogen and oxygen atoms in total. The molecule has 0 aliphatic heterocycles. The number of rotatable bonds is 6. The molecule has 0 aromatic carbocycles. The number of nitriles is 1. The molecule has 0 aliphatic rings. The van der Waals surface area contributed by atoms with Gasteiger partial charge in [0.25, 0.3) is 0 Å². The molecule has 15 heavy (non-hydrogen) atoms. The monoisotopic (exact) mass is 207 g/mol. The van der Waals surface area contributed by atoms with E-state index in [0.29, 0.717) is 6.29 Å². The molecule has 80 valence electrons. The molecule has 4 heteroatoms. The van der Waals surface area contributed by atoms with Crippen LogP contribution in [0.3, 0.4) is 0 Å². The van der Waals surface area contributed by atoms with Crippen molar-refractivity contribution in [2.45, 2.75) is 26.2 Å². The molecule has 0 spiro atoms. The minimum absolute atomic E-state index is 0.0316. The molecule has 0 saturated carbocycles. The number of carbonyl (C=O) groups is 2. The molecule has 0 aromatic rings. The maximum atomic E-state index is 11.5. The molecular weight excluding hydrogens is 194 g/mol. The Labute approximate surface area is 89.2 Å². The number of ether oxygens (including phenoxy) is 1. The van der Waals surface area contributed by atoms with Gasteiger partial charge in [-0.15, -0.1) is 12.3 Å². The summed E-state index contributed by atoms with van der Waals surface area (Å²) in [6.45, 7) is 1.84. The van der Waals surface area contributed by atoms with E-state index in [1.165, 1.54) is 0 Å². The average Bonchev–Trinajstić information content (AvgIpc) is 2.24. The summed E-state index contributed by atoms with van der Waals surface area (Å²) in [6, 6.07) is 1.86. The van der Waals surface area contributed by atoms with Crippen LogP contribution in [0.5, 0.6) is 0 Å². The number of hydrogen-bond acceptors (Lipinski definition) is 4. The Balaban J connectivity index is 4.81. The van der Waals surface area contributed by atoms with Gasteiger partial charge in [0.2, 0.25) is 0 Å². The highest BCUT2D eigenvalue weighted by Gasteiger charge is 2.39. The average molecular weight is 207 g/mol. The zero-order valence-corrected chi connectivity index (χ0v) is 8.66. The number of terminal acetylenes is 1. The highest BCUT2D eigenvalue weighted by Crippen LogP contribution is 2.28. The third-order valence-electron chi connectivity index (χ3n) is 1.97. The molecule has 0 radical (unpaired) electrons. The molecule has 1 atom stereocenters. The van der Waals surface area contributed by atoms with Crippen LogP contribution in [0.25, 0.3) is 0 Å². The smallest absolute Gasteiger partial charge is 0.327 e. The Morgan fingerprint density at radius 3 is 2.73 bits per heavy atom. The lowest BCUT2D eigenvalue weighted by molar-refractivity contribution is -0.152. The maximum Gasteiger partial charge on any atom is 0.327 e. The Kier molecular flexibility index (Phi) is 5.82. The van der Waals surface area contributed by atoms with E-state index in [0.717, 1.165) is 0 Å². The fourth-order valence-electron chi connectivity index (χ4n) is 1.15. The number of hydrogen-bond donors (Lipinski definition) is 0. The Morgan fingerprint density at radius 2 is 2.33 bits per heavy atom. The second kappa shape index (κ2) is 6.62. The van der Waals surface area contributed by atoms with Crippen LogP contribution in [0, 0.1) is 29.1 Å². The Hall–Kier alpha value is -1.81. The number of esters is 1. The van der Waals surface area contributed by atoms with E-state index in [9.17, 15) is 9.59 Å². The van der Waals surface area contributed by atoms with Gasteiger partial charge in [-0.05, 0) is 13.3 Å². The highest BCUT2D eigenvalue weighted by molar-refractivity contribution is 5.80. The van der Waals surface area contributed by atoms with E-state index in [4.69, 9.17) is 16.4 Å². The molecular formula is C11H13NO3. The number of aldehydes is 1. The molecule has 1 unspecified atom stereocenters. The lowest BCUT2D eigenvalue weighted by atomic mass is 9.82. The zero-order chi connectivity index (χ0) is 11.7. The van der Waals surface area contributed by atoms with Crippen molar-refractivity contribution in [3.8, 4) is 18.4 Å². The molecule has 0 fully saturated rings. The van der Waals surface area contributed by atoms with Gasteiger partial charge in [-0.3, -0.25) is 4.79 Å². The van der Waals surface area contributed by atoms with Crippen molar-refractivity contribution in [3.05, 3.63) is 0 Å². The van der Waals surface area contributed by atoms with Crippen LogP contribution in [-0.4, -0.2) is 18.9 Å². The molecule has 0 bridgehead atoms. The summed E-state index contributed by atoms with van der Waals surface area (Å²) in [5.74, 6) is 1.62. The topological polar surface area (TPSA) is 67.2 Å². The molecule has 0 amide bonds. The molecule has 0 aliphatic carbocycles. The number of carbonyl (C=O) groups excluding carboxylic acids is 2. The molecule has 0 N–H and O–H groups in total. The summed E-state index contributed by atoms with van der Waals surface area (Å²) in [6.07, 6.45) is 5.95. The normalized spacial score (nSPS) is 13.0. The minimum atomic E-state index is -1.37. The van der Waals surface area contributed by atoms with Crippen molar-refractivity contribution in [3.63, 3.8) is 0 Å². The summed E-state index contributed by atoms with van der Waals surface area (Å²) < 4.78 is 4.77. The summed E-state index contributed by atoms with van der Waals surface area (Å²) in [5.41, 5.74) is -1.37. The van der Waals surface area contributed by atoms with Gasteiger partial charge in [-0.1, -0.05) is 0 Å². The van der Waals surface area contributed by atoms with E-state index >= 15 is 0 Å². The van der Waals surface area contributed by atoms with E-state index in [1.807, 2.05) is 6.07 Å². The lowest BCUT2D eigenvalue weighted by Gasteiger charge is -2.20. The largest absolute Gasteiger partial charge is 0.465 e. The second-order valence-electron chi connectivity index (χ2n) is 3.00. The fraction of sp³-hybridized carbons (Fsp3) is 0.545. The van der Waals surface area contributed by atoms with Crippen LogP contribution >= 0.6 is 0 Å². The standard InChI is InChI=1S/C11H13NO3/c1-3-6-11(9-12,7-5-8-13)10(14)15-4-2/h1,8H,4-7H2,2H3. The van der Waals surface area contributed by atoms with Gasteiger partial charge >= 0.3 is 5.97 Å². The summed E-state index contributed by atoms with van der Waals surface area (Å²) in [4.78, 5) is 21.8. The van der Waals surface area contributed by atoms with E-state index < -0.39 is 11.4 Å². The van der Waals surface area contributed by atoms with Gasteiger partial charge < -0.3 is 9.53 Å². The number of nitrogens with zero attached hydrogens (tertiary/aromatic N) is 1. The third-order valence-corrected chi connectivity index (χ3v) is 1.97. The highest BCUT2D eigenvalue weighted by atomic mass is 16.5. The van der Waals surface area contributed by atoms with Gasteiger partial charge in [0, 0.05) is 12.8 Å². The van der Waals surface area contributed by atoms with E-state index in [2.05, 4.69) is 5.92 Å². The predicted octanol–water partition coefficient (Wildman–Crippen LogP) is 1.06. The van der Waals surface area contributed by atoms with Crippen LogP contribution in [0.4, 0.5) is 0 Å². The van der Waals surface area contributed by atoms with Crippen molar-refractivity contribution >= 4 is 12.3 Å². The van der Waals surface area contributed by atoms with Crippen molar-refractivity contribution in [2.24, 2.45) is 5.41 Å². The van der Waals surface area contributed by atoms with E-state index in [1.54, 1.807) is 6.92 Å². The second-order valence-corrected chi connectivity index (χ2v) is 3.00. The van der Waals surface area contributed by atoms with Crippen molar-refractivity contribution in [1.29, 1.82) is 5.26 Å². The fourth-order valence-corrected chi connectivity index (χ4v) is 1.15. The lowest BCUT2D eigenvalue weighted by Crippen LogP contribution is -2.31. The zero-order valence-electron chi connectivity index (χ0n) is 8.66. The quantitative estimate of drug-likeness (QED) is 0.371. The van der Waals surface area contributed by atoms with Crippen molar-refractivity contribution in [1.82, 2.24) is 0 Å². The first kappa shape index (κ1) is 13.2. The van der Waals surface area contributed by atoms with Gasteiger partial charge in [-0.2, -0.15) is 5.26 Å². The van der Waals surface area contributed by atoms with Crippen LogP contribution in [0.2, 0.25) is 0 Å². The molecule has 0 saturated heterocycles. The van der Waals surface area contributed by atoms with Gasteiger partial charge in [0.05, 0.1) is 12.7 Å². The van der Waals surface area contributed by atoms with Crippen LogP contribution < -0.4 is 0 Å². The van der Waals surface area contributed by atoms with Crippen molar-refractivity contribution < 1.29 is 14.3 Å². The van der Waals surface area contributed by atoms with E-state index in [-0.39, 0.29) is 25.9 Å². The first-order valence-corrected chi connectivity index (χ1v) is 4.62. The Morgan fingerprint density at radius 1 is 1.67 bits per heavy atom. The predicted molar refractivity (Wildman–Crippen MR) is 53.4 cm³/mol. The summed E-state index contributed by atoms with van der Waals surface area (Å²) >= 11 is 0. The molecule has 0 rings (SSSR count). The molecule has 0 heterocycles. The van der Waals surface area contributed by atoms with Crippen LogP contribution in [0.15, 0.2) is 0 Å². The first-order valence-electron chi connectivity index (χ1n) is 4.62. The molecule has 0 aromatic heterocycles. The van der Waals surface area contributed by atoms with Crippen molar-refractivity contribution in [2.75, 3.05) is 6.61 Å².